The first-order valence-electron chi connectivity index (χ1n) is 17.3. The van der Waals surface area contributed by atoms with Crippen LogP contribution in [0, 0.1) is 0 Å². The average Bonchev–Trinajstić information content (AvgIpc) is 3.18. The maximum atomic E-state index is 14.9. The molecule has 1 fully saturated rings. The minimum Gasteiger partial charge on any atom is -0.497 e. The van der Waals surface area contributed by atoms with Crippen molar-refractivity contribution in [3.63, 3.8) is 0 Å². The summed E-state index contributed by atoms with van der Waals surface area (Å²) in [4.78, 5) is 30.6. The minimum absolute atomic E-state index is 0.00354. The number of carbonyl (C=O) groups is 2. The molecule has 4 aromatic carbocycles. The van der Waals surface area contributed by atoms with Gasteiger partial charge in [-0.15, -0.1) is 0 Å². The fourth-order valence-corrected chi connectivity index (χ4v) is 7.92. The zero-order chi connectivity index (χ0) is 37.1. The molecule has 0 bridgehead atoms. The molecule has 0 aromatic heterocycles. The summed E-state index contributed by atoms with van der Waals surface area (Å²) >= 11 is 0. The lowest BCUT2D eigenvalue weighted by molar-refractivity contribution is -0.140. The molecule has 1 atom stereocenters. The van der Waals surface area contributed by atoms with Gasteiger partial charge < -0.3 is 29.2 Å². The van der Waals surface area contributed by atoms with Crippen LogP contribution in [0.5, 0.6) is 23.0 Å². The van der Waals surface area contributed by atoms with Crippen LogP contribution < -0.4 is 28.6 Å². The van der Waals surface area contributed by atoms with E-state index in [0.29, 0.717) is 11.5 Å². The van der Waals surface area contributed by atoms with Crippen LogP contribution in [0.15, 0.2) is 102 Å². The third-order valence-corrected chi connectivity index (χ3v) is 11.1. The molecule has 1 aliphatic rings. The number of nitrogens with one attached hydrogen (secondary N) is 1. The number of rotatable bonds is 16. The molecule has 1 unspecified atom stereocenters. The van der Waals surface area contributed by atoms with Gasteiger partial charge in [-0.3, -0.25) is 13.9 Å². The molecule has 0 heterocycles. The van der Waals surface area contributed by atoms with Crippen LogP contribution in [-0.2, 0) is 32.6 Å². The summed E-state index contributed by atoms with van der Waals surface area (Å²) in [6.45, 7) is -0.593. The van der Waals surface area contributed by atoms with E-state index in [-0.39, 0.29) is 47.0 Å². The highest BCUT2D eigenvalue weighted by molar-refractivity contribution is 7.92. The molecular formula is C40H47N3O8S. The van der Waals surface area contributed by atoms with E-state index in [2.05, 4.69) is 5.32 Å². The zero-order valence-corrected chi connectivity index (χ0v) is 30.9. The Balaban J connectivity index is 1.62. The van der Waals surface area contributed by atoms with Crippen LogP contribution >= 0.6 is 0 Å². The summed E-state index contributed by atoms with van der Waals surface area (Å²) in [7, 11) is 1.26. The molecule has 11 nitrogen and oxygen atoms in total. The Hall–Kier alpha value is -5.23. The molecule has 276 valence electrons. The Bertz CT molecular complexity index is 1900. The van der Waals surface area contributed by atoms with Gasteiger partial charge in [-0.25, -0.2) is 8.42 Å². The van der Waals surface area contributed by atoms with Crippen LogP contribution in [-0.4, -0.2) is 72.2 Å². The van der Waals surface area contributed by atoms with Gasteiger partial charge in [0.25, 0.3) is 10.0 Å². The molecule has 0 spiro atoms. The first-order valence-corrected chi connectivity index (χ1v) is 18.8. The molecule has 52 heavy (non-hydrogen) atoms. The number of methoxy groups -OCH3 is 4. The van der Waals surface area contributed by atoms with Crippen molar-refractivity contribution in [2.45, 2.75) is 62.0 Å². The molecule has 1 N–H and O–H groups in total. The molecule has 12 heteroatoms. The highest BCUT2D eigenvalue weighted by Gasteiger charge is 2.37. The van der Waals surface area contributed by atoms with Gasteiger partial charge in [0.05, 0.1) is 39.0 Å². The Morgan fingerprint density at radius 3 is 1.96 bits per heavy atom. The molecule has 0 radical (unpaired) electrons. The van der Waals surface area contributed by atoms with E-state index in [9.17, 15) is 18.0 Å². The topological polar surface area (TPSA) is 124 Å². The maximum Gasteiger partial charge on any atom is 0.265 e. The number of amides is 2. The Morgan fingerprint density at radius 1 is 0.731 bits per heavy atom. The number of hydrogen-bond donors (Lipinski definition) is 1. The summed E-state index contributed by atoms with van der Waals surface area (Å²) in [5, 5.41) is 3.23. The van der Waals surface area contributed by atoms with Crippen molar-refractivity contribution in [1.82, 2.24) is 10.2 Å². The van der Waals surface area contributed by atoms with Crippen molar-refractivity contribution in [2.75, 3.05) is 39.3 Å². The number of carbonyl (C=O) groups excluding carboxylic acids is 2. The van der Waals surface area contributed by atoms with E-state index < -0.39 is 28.5 Å². The SMILES string of the molecule is COc1ccc(OC)c(N(CC(=O)N(Cc2ccccc2)C(Cc2ccccc2)C(=O)NC2CCCCC2)S(=O)(=O)c2ccc(OC)c(OC)c2)c1. The van der Waals surface area contributed by atoms with Gasteiger partial charge in [0.15, 0.2) is 11.5 Å². The molecule has 0 aliphatic heterocycles. The van der Waals surface area contributed by atoms with Crippen molar-refractivity contribution in [2.24, 2.45) is 0 Å². The van der Waals surface area contributed by atoms with E-state index in [1.54, 1.807) is 12.1 Å². The fraction of sp³-hybridized carbons (Fsp3) is 0.350. The van der Waals surface area contributed by atoms with Crippen LogP contribution in [0.2, 0.25) is 0 Å². The molecule has 0 saturated heterocycles. The molecule has 1 saturated carbocycles. The van der Waals surface area contributed by atoms with Crippen molar-refractivity contribution in [3.05, 3.63) is 108 Å². The molecule has 1 aliphatic carbocycles. The summed E-state index contributed by atoms with van der Waals surface area (Å²) in [5.41, 5.74) is 1.73. The maximum absolute atomic E-state index is 14.9. The quantitative estimate of drug-likeness (QED) is 0.149. The predicted octanol–water partition coefficient (Wildman–Crippen LogP) is 6.01. The third kappa shape index (κ3) is 9.16. The highest BCUT2D eigenvalue weighted by Crippen LogP contribution is 2.38. The number of benzene rings is 4. The Kier molecular flexibility index (Phi) is 13.0. The second-order valence-electron chi connectivity index (χ2n) is 12.6. The smallest absolute Gasteiger partial charge is 0.265 e. The lowest BCUT2D eigenvalue weighted by Crippen LogP contribution is -2.55. The van der Waals surface area contributed by atoms with Gasteiger partial charge in [-0.2, -0.15) is 0 Å². The highest BCUT2D eigenvalue weighted by atomic mass is 32.2. The van der Waals surface area contributed by atoms with Crippen molar-refractivity contribution in [3.8, 4) is 23.0 Å². The number of nitrogens with zero attached hydrogens (tertiary/aromatic N) is 2. The van der Waals surface area contributed by atoms with E-state index in [4.69, 9.17) is 18.9 Å². The fourth-order valence-electron chi connectivity index (χ4n) is 6.49. The third-order valence-electron chi connectivity index (χ3n) is 9.29. The van der Waals surface area contributed by atoms with Crippen LogP contribution in [0.4, 0.5) is 5.69 Å². The monoisotopic (exact) mass is 729 g/mol. The Morgan fingerprint density at radius 2 is 1.35 bits per heavy atom. The van der Waals surface area contributed by atoms with Gasteiger partial charge >= 0.3 is 0 Å². The second-order valence-corrected chi connectivity index (χ2v) is 14.5. The normalized spacial score (nSPS) is 13.8. The standard InChI is InChI=1S/C40H47N3O8S/c1-48-32-20-22-36(49-2)34(25-32)43(52(46,47)33-21-23-37(50-3)38(26-33)51-4)28-39(44)42(27-30-16-10-6-11-17-30)35(24-29-14-8-5-9-15-29)40(45)41-31-18-12-7-13-19-31/h5-6,8-11,14-17,20-23,25-26,31,35H,7,12-13,18-19,24,27-28H2,1-4H3,(H,41,45). The van der Waals surface area contributed by atoms with Crippen molar-refractivity contribution >= 4 is 27.5 Å². The van der Waals surface area contributed by atoms with E-state index in [0.717, 1.165) is 47.5 Å². The summed E-state index contributed by atoms with van der Waals surface area (Å²) in [6, 6.07) is 26.8. The van der Waals surface area contributed by atoms with Gasteiger partial charge in [0.2, 0.25) is 11.8 Å². The van der Waals surface area contributed by atoms with Gasteiger partial charge in [-0.1, -0.05) is 79.9 Å². The zero-order valence-electron chi connectivity index (χ0n) is 30.1. The van der Waals surface area contributed by atoms with Crippen molar-refractivity contribution in [1.29, 1.82) is 0 Å². The van der Waals surface area contributed by atoms with Crippen LogP contribution in [0.3, 0.4) is 0 Å². The molecule has 2 amide bonds. The van der Waals surface area contributed by atoms with Gasteiger partial charge in [0, 0.05) is 31.1 Å². The molecular weight excluding hydrogens is 683 g/mol. The minimum atomic E-state index is -4.48. The van der Waals surface area contributed by atoms with Crippen LogP contribution in [0.25, 0.3) is 0 Å². The average molecular weight is 730 g/mol. The first kappa shape index (κ1) is 38.0. The summed E-state index contributed by atoms with van der Waals surface area (Å²) in [6.07, 6.45) is 5.12. The number of sulfonamides is 1. The molecule has 5 rings (SSSR count). The molecule has 4 aromatic rings. The van der Waals surface area contributed by atoms with E-state index in [1.165, 1.54) is 57.6 Å². The first-order chi connectivity index (χ1) is 25.2. The lowest BCUT2D eigenvalue weighted by Gasteiger charge is -2.35. The largest absolute Gasteiger partial charge is 0.497 e. The van der Waals surface area contributed by atoms with Gasteiger partial charge in [0.1, 0.15) is 24.1 Å². The lowest BCUT2D eigenvalue weighted by atomic mass is 9.94. The number of anilines is 1. The van der Waals surface area contributed by atoms with E-state index in [1.807, 2.05) is 60.7 Å². The van der Waals surface area contributed by atoms with Crippen molar-refractivity contribution < 1.29 is 37.0 Å². The summed E-state index contributed by atoms with van der Waals surface area (Å²) in [5.74, 6) is 0.213. The van der Waals surface area contributed by atoms with Crippen LogP contribution in [0.1, 0.15) is 43.2 Å². The van der Waals surface area contributed by atoms with Gasteiger partial charge in [-0.05, 0) is 48.2 Å². The Labute approximate surface area is 306 Å². The number of hydrogen-bond acceptors (Lipinski definition) is 8. The second kappa shape index (κ2) is 17.8. The number of ether oxygens (including phenoxy) is 4. The summed E-state index contributed by atoms with van der Waals surface area (Å²) < 4.78 is 52.3. The van der Waals surface area contributed by atoms with E-state index >= 15 is 0 Å². The predicted molar refractivity (Wildman–Crippen MR) is 200 cm³/mol.